The van der Waals surface area contributed by atoms with Crippen LogP contribution >= 0.6 is 0 Å². The SMILES string of the molecule is CCOc1cc(C(=O)N2CCC3(CC2)NCCn2c(C(F)(F)F)ccc23)ccc1OC.[HH]. The van der Waals surface area contributed by atoms with Gasteiger partial charge in [-0.15, -0.1) is 0 Å². The molecule has 1 aromatic heterocycles. The number of nitrogens with one attached hydrogen (secondary N) is 1. The second kappa shape index (κ2) is 8.11. The molecule has 0 atom stereocenters. The number of benzene rings is 1. The van der Waals surface area contributed by atoms with Crippen LogP contribution in [-0.2, 0) is 18.3 Å². The largest absolute Gasteiger partial charge is 0.493 e. The summed E-state index contributed by atoms with van der Waals surface area (Å²) in [5, 5.41) is 3.43. The smallest absolute Gasteiger partial charge is 0.431 e. The highest BCUT2D eigenvalue weighted by Gasteiger charge is 2.44. The maximum absolute atomic E-state index is 13.3. The Morgan fingerprint density at radius 1 is 1.16 bits per heavy atom. The lowest BCUT2D eigenvalue weighted by Crippen LogP contribution is -2.56. The van der Waals surface area contributed by atoms with Crippen LogP contribution in [0.5, 0.6) is 11.5 Å². The van der Waals surface area contributed by atoms with Crippen LogP contribution in [0, 0.1) is 0 Å². The third-order valence-corrected chi connectivity index (χ3v) is 6.17. The molecule has 1 amide bonds. The maximum Gasteiger partial charge on any atom is 0.431 e. The van der Waals surface area contributed by atoms with E-state index in [4.69, 9.17) is 9.47 Å². The number of rotatable bonds is 4. The number of halogens is 3. The number of ether oxygens (including phenoxy) is 2. The van der Waals surface area contributed by atoms with E-state index < -0.39 is 17.4 Å². The molecule has 2 aliphatic rings. The predicted molar refractivity (Wildman–Crippen MR) is 111 cm³/mol. The fraction of sp³-hybridized carbons (Fsp3) is 0.500. The molecule has 0 unspecified atom stereocenters. The van der Waals surface area contributed by atoms with Crippen LogP contribution in [0.2, 0.25) is 0 Å². The van der Waals surface area contributed by atoms with Crippen LogP contribution in [0.1, 0.15) is 42.9 Å². The summed E-state index contributed by atoms with van der Waals surface area (Å²) >= 11 is 0. The molecule has 170 valence electrons. The van der Waals surface area contributed by atoms with Crippen molar-refractivity contribution in [1.82, 2.24) is 14.8 Å². The molecule has 0 bridgehead atoms. The van der Waals surface area contributed by atoms with Crippen LogP contribution < -0.4 is 14.8 Å². The van der Waals surface area contributed by atoms with Crippen LogP contribution in [-0.4, -0.2) is 48.7 Å². The van der Waals surface area contributed by atoms with Gasteiger partial charge in [0.2, 0.25) is 0 Å². The highest BCUT2D eigenvalue weighted by Crippen LogP contribution is 2.40. The van der Waals surface area contributed by atoms with E-state index in [1.807, 2.05) is 6.92 Å². The third-order valence-electron chi connectivity index (χ3n) is 6.17. The van der Waals surface area contributed by atoms with Crippen LogP contribution in [0.25, 0.3) is 0 Å². The summed E-state index contributed by atoms with van der Waals surface area (Å²) in [4.78, 5) is 14.8. The minimum absolute atomic E-state index is 0. The molecular formula is C22H28F3N3O3. The monoisotopic (exact) mass is 439 g/mol. The number of aromatic nitrogens is 1. The Hall–Kier alpha value is -2.68. The number of alkyl halides is 3. The number of fused-ring (bicyclic) bond motifs is 2. The number of amides is 1. The van der Waals surface area contributed by atoms with Crippen LogP contribution in [0.3, 0.4) is 0 Å². The molecule has 2 aromatic rings. The van der Waals surface area contributed by atoms with Crippen LogP contribution in [0.4, 0.5) is 13.2 Å². The van der Waals surface area contributed by atoms with Gasteiger partial charge in [0.1, 0.15) is 5.69 Å². The summed E-state index contributed by atoms with van der Waals surface area (Å²) in [6.45, 7) is 3.96. The summed E-state index contributed by atoms with van der Waals surface area (Å²) in [5.74, 6) is 0.944. The van der Waals surface area contributed by atoms with Crippen molar-refractivity contribution in [1.29, 1.82) is 0 Å². The van der Waals surface area contributed by atoms with Crippen molar-refractivity contribution in [2.45, 2.75) is 38.0 Å². The molecule has 0 aliphatic carbocycles. The van der Waals surface area contributed by atoms with E-state index >= 15 is 0 Å². The molecule has 1 saturated heterocycles. The summed E-state index contributed by atoms with van der Waals surface area (Å²) in [6.07, 6.45) is -3.27. The Labute approximate surface area is 180 Å². The minimum Gasteiger partial charge on any atom is -0.493 e. The third kappa shape index (κ3) is 3.86. The highest BCUT2D eigenvalue weighted by atomic mass is 19.4. The van der Waals surface area contributed by atoms with Crippen molar-refractivity contribution >= 4 is 5.91 Å². The average Bonchev–Trinajstić information content (AvgIpc) is 3.20. The number of hydrogen-bond acceptors (Lipinski definition) is 4. The van der Waals surface area contributed by atoms with Crippen molar-refractivity contribution in [3.63, 3.8) is 0 Å². The molecule has 6 nitrogen and oxygen atoms in total. The lowest BCUT2D eigenvalue weighted by molar-refractivity contribution is -0.144. The molecule has 1 aromatic carbocycles. The molecule has 3 heterocycles. The number of piperidine rings is 1. The molecule has 0 saturated carbocycles. The molecule has 4 rings (SSSR count). The topological polar surface area (TPSA) is 55.7 Å². The first-order chi connectivity index (χ1) is 14.8. The number of carbonyl (C=O) groups excluding carboxylic acids is 1. The van der Waals surface area contributed by atoms with Gasteiger partial charge in [-0.3, -0.25) is 4.79 Å². The number of likely N-dealkylation sites (tertiary alicyclic amines) is 1. The molecular weight excluding hydrogens is 411 g/mol. The van der Waals surface area contributed by atoms with E-state index in [-0.39, 0.29) is 13.9 Å². The fourth-order valence-corrected chi connectivity index (χ4v) is 4.66. The van der Waals surface area contributed by atoms with E-state index in [0.717, 1.165) is 6.07 Å². The number of nitrogens with zero attached hydrogens (tertiary/aromatic N) is 2. The summed E-state index contributed by atoms with van der Waals surface area (Å²) in [5.41, 5.74) is -0.00101. The van der Waals surface area contributed by atoms with Gasteiger partial charge in [0.05, 0.1) is 19.3 Å². The number of hydrogen-bond donors (Lipinski definition) is 1. The van der Waals surface area contributed by atoms with Gasteiger partial charge < -0.3 is 24.3 Å². The second-order valence-electron chi connectivity index (χ2n) is 7.85. The van der Waals surface area contributed by atoms with Gasteiger partial charge in [-0.25, -0.2) is 0 Å². The van der Waals surface area contributed by atoms with E-state index in [9.17, 15) is 18.0 Å². The number of methoxy groups -OCH3 is 1. The molecule has 1 spiro atoms. The Balaban J connectivity index is 0.00000289. The van der Waals surface area contributed by atoms with Crippen molar-refractivity contribution in [2.75, 3.05) is 33.4 Å². The normalized spacial score (nSPS) is 18.0. The van der Waals surface area contributed by atoms with Gasteiger partial charge in [-0.1, -0.05) is 0 Å². The molecule has 1 fully saturated rings. The quantitative estimate of drug-likeness (QED) is 0.785. The Morgan fingerprint density at radius 2 is 1.90 bits per heavy atom. The average molecular weight is 439 g/mol. The van der Waals surface area contributed by atoms with E-state index in [1.165, 1.54) is 4.57 Å². The first kappa shape index (κ1) is 21.5. The van der Waals surface area contributed by atoms with Crippen LogP contribution in [0.15, 0.2) is 30.3 Å². The zero-order valence-electron chi connectivity index (χ0n) is 17.6. The number of carbonyl (C=O) groups is 1. The molecule has 9 heteroatoms. The first-order valence-electron chi connectivity index (χ1n) is 10.4. The molecule has 2 aliphatic heterocycles. The van der Waals surface area contributed by atoms with E-state index in [1.54, 1.807) is 36.3 Å². The Kier molecular flexibility index (Phi) is 5.63. The van der Waals surface area contributed by atoms with Gasteiger partial charge >= 0.3 is 6.18 Å². The summed E-state index contributed by atoms with van der Waals surface area (Å²) < 4.78 is 52.3. The van der Waals surface area contributed by atoms with E-state index in [0.29, 0.717) is 61.8 Å². The second-order valence-corrected chi connectivity index (χ2v) is 7.85. The van der Waals surface area contributed by atoms with E-state index in [2.05, 4.69) is 5.32 Å². The van der Waals surface area contributed by atoms with Gasteiger partial charge in [0, 0.05) is 38.9 Å². The highest BCUT2D eigenvalue weighted by molar-refractivity contribution is 5.95. The van der Waals surface area contributed by atoms with Crippen molar-refractivity contribution in [3.05, 3.63) is 47.3 Å². The van der Waals surface area contributed by atoms with Crippen molar-refractivity contribution in [3.8, 4) is 11.5 Å². The molecule has 31 heavy (non-hydrogen) atoms. The van der Waals surface area contributed by atoms with Gasteiger partial charge in [0.25, 0.3) is 5.91 Å². The summed E-state index contributed by atoms with van der Waals surface area (Å²) in [6, 6.07) is 7.82. The minimum atomic E-state index is -4.37. The first-order valence-corrected chi connectivity index (χ1v) is 10.4. The fourth-order valence-electron chi connectivity index (χ4n) is 4.66. The van der Waals surface area contributed by atoms with Crippen molar-refractivity contribution < 1.29 is 28.9 Å². The Bertz CT molecular complexity index is 969. The lowest BCUT2D eigenvalue weighted by atomic mass is 9.83. The zero-order chi connectivity index (χ0) is 22.2. The molecule has 1 N–H and O–H groups in total. The van der Waals surface area contributed by atoms with Gasteiger partial charge in [0.15, 0.2) is 11.5 Å². The standard InChI is InChI=1S/C22H26F3N3O3.H2/c1-3-31-17-14-15(4-5-16(17)30-2)20(29)27-11-8-21(9-12-27)18-6-7-19(22(23,24)25)28(18)13-10-26-21;/h4-7,14,26H,3,8-13H2,1-2H3;1H. The zero-order valence-corrected chi connectivity index (χ0v) is 17.6. The van der Waals surface area contributed by atoms with Gasteiger partial charge in [-0.2, -0.15) is 13.2 Å². The maximum atomic E-state index is 13.3. The molecule has 0 radical (unpaired) electrons. The van der Waals surface area contributed by atoms with Gasteiger partial charge in [-0.05, 0) is 50.1 Å². The lowest BCUT2D eigenvalue weighted by Gasteiger charge is -2.45. The van der Waals surface area contributed by atoms with Crippen molar-refractivity contribution in [2.24, 2.45) is 0 Å². The Morgan fingerprint density at radius 3 is 2.55 bits per heavy atom. The predicted octanol–water partition coefficient (Wildman–Crippen LogP) is 3.89. The summed E-state index contributed by atoms with van der Waals surface area (Å²) in [7, 11) is 1.54.